The Labute approximate surface area is 102 Å². The van der Waals surface area contributed by atoms with Crippen LogP contribution < -0.4 is 5.32 Å². The molecule has 0 aliphatic heterocycles. The lowest BCUT2D eigenvalue weighted by Crippen LogP contribution is -2.36. The molecule has 0 radical (unpaired) electrons. The molecule has 1 aliphatic carbocycles. The molecule has 0 saturated heterocycles. The van der Waals surface area contributed by atoms with Crippen molar-refractivity contribution in [1.29, 1.82) is 0 Å². The molecule has 3 unspecified atom stereocenters. The molecule has 102 valence electrons. The first-order chi connectivity index (χ1) is 7.92. The van der Waals surface area contributed by atoms with E-state index in [1.54, 1.807) is 0 Å². The molecule has 0 aromatic rings. The molecule has 1 aliphatic rings. The Kier molecular flexibility index (Phi) is 5.77. The number of halogens is 3. The first-order valence-electron chi connectivity index (χ1n) is 6.72. The van der Waals surface area contributed by atoms with E-state index in [-0.39, 0.29) is 12.5 Å². The third kappa shape index (κ3) is 5.75. The third-order valence-electron chi connectivity index (χ3n) is 3.70. The van der Waals surface area contributed by atoms with Crippen LogP contribution in [0.5, 0.6) is 0 Å². The summed E-state index contributed by atoms with van der Waals surface area (Å²) in [6.07, 6.45) is -0.123. The number of hydrogen-bond acceptors (Lipinski definition) is 1. The number of alkyl halides is 3. The smallest absolute Gasteiger partial charge is 0.314 e. The van der Waals surface area contributed by atoms with E-state index >= 15 is 0 Å². The molecule has 3 atom stereocenters. The second-order valence-corrected chi connectivity index (χ2v) is 5.39. The van der Waals surface area contributed by atoms with E-state index in [0.29, 0.717) is 11.8 Å². The molecule has 0 amide bonds. The van der Waals surface area contributed by atoms with Crippen molar-refractivity contribution in [3.05, 3.63) is 0 Å². The highest BCUT2D eigenvalue weighted by Crippen LogP contribution is 2.35. The van der Waals surface area contributed by atoms with Gasteiger partial charge in [-0.15, -0.1) is 0 Å². The Morgan fingerprint density at radius 2 is 2.00 bits per heavy atom. The fourth-order valence-corrected chi connectivity index (χ4v) is 2.77. The van der Waals surface area contributed by atoms with Crippen molar-refractivity contribution < 1.29 is 13.2 Å². The van der Waals surface area contributed by atoms with Gasteiger partial charge in [0.15, 0.2) is 0 Å². The van der Waals surface area contributed by atoms with Crippen LogP contribution in [0.2, 0.25) is 0 Å². The normalized spacial score (nSPS) is 27.4. The van der Waals surface area contributed by atoms with Crippen molar-refractivity contribution in [1.82, 2.24) is 5.32 Å². The average Bonchev–Trinajstić information content (AvgIpc) is 2.63. The van der Waals surface area contributed by atoms with Crippen LogP contribution in [0, 0.1) is 11.8 Å². The maximum Gasteiger partial charge on any atom is 0.389 e. The van der Waals surface area contributed by atoms with E-state index in [1.807, 2.05) is 6.92 Å². The fourth-order valence-electron chi connectivity index (χ4n) is 2.77. The van der Waals surface area contributed by atoms with Crippen molar-refractivity contribution in [2.75, 3.05) is 6.54 Å². The lowest BCUT2D eigenvalue weighted by molar-refractivity contribution is -0.137. The van der Waals surface area contributed by atoms with Crippen molar-refractivity contribution in [2.24, 2.45) is 11.8 Å². The molecular formula is C13H24F3N. The maximum absolute atomic E-state index is 12.3. The molecular weight excluding hydrogens is 227 g/mol. The number of hydrogen-bond donors (Lipinski definition) is 1. The molecule has 1 nitrogen and oxygen atoms in total. The van der Waals surface area contributed by atoms with Gasteiger partial charge in [-0.25, -0.2) is 0 Å². The summed E-state index contributed by atoms with van der Waals surface area (Å²) < 4.78 is 36.8. The average molecular weight is 251 g/mol. The second-order valence-electron chi connectivity index (χ2n) is 5.39. The summed E-state index contributed by atoms with van der Waals surface area (Å²) in [7, 11) is 0. The molecule has 1 rings (SSSR count). The Morgan fingerprint density at radius 3 is 2.47 bits per heavy atom. The summed E-state index contributed by atoms with van der Waals surface area (Å²) in [6.45, 7) is 5.07. The Bertz CT molecular complexity index is 215. The minimum Gasteiger partial charge on any atom is -0.314 e. The Balaban J connectivity index is 2.42. The molecule has 1 fully saturated rings. The molecule has 4 heteroatoms. The van der Waals surface area contributed by atoms with Gasteiger partial charge in [-0.3, -0.25) is 0 Å². The first kappa shape index (κ1) is 14.8. The molecule has 0 aromatic heterocycles. The predicted octanol–water partition coefficient (Wildman–Crippen LogP) is 4.13. The quantitative estimate of drug-likeness (QED) is 0.748. The highest BCUT2D eigenvalue weighted by atomic mass is 19.4. The topological polar surface area (TPSA) is 12.0 Å². The van der Waals surface area contributed by atoms with Crippen molar-refractivity contribution in [3.63, 3.8) is 0 Å². The lowest BCUT2D eigenvalue weighted by Gasteiger charge is -2.25. The van der Waals surface area contributed by atoms with Crippen molar-refractivity contribution >= 4 is 0 Å². The summed E-state index contributed by atoms with van der Waals surface area (Å²) in [5.74, 6) is 1.12. The van der Waals surface area contributed by atoms with Crippen LogP contribution >= 0.6 is 0 Å². The zero-order valence-electron chi connectivity index (χ0n) is 10.8. The number of rotatable bonds is 6. The summed E-state index contributed by atoms with van der Waals surface area (Å²) in [5.41, 5.74) is 0. The van der Waals surface area contributed by atoms with Gasteiger partial charge in [0, 0.05) is 12.5 Å². The number of nitrogens with one attached hydrogen (secondary N) is 1. The lowest BCUT2D eigenvalue weighted by atomic mass is 9.93. The minimum atomic E-state index is -4.02. The van der Waals surface area contributed by atoms with Gasteiger partial charge in [-0.1, -0.05) is 20.3 Å². The highest BCUT2D eigenvalue weighted by molar-refractivity contribution is 4.83. The van der Waals surface area contributed by atoms with Gasteiger partial charge in [0.25, 0.3) is 0 Å². The molecule has 1 N–H and O–H groups in total. The molecule has 1 saturated carbocycles. The van der Waals surface area contributed by atoms with Gasteiger partial charge >= 0.3 is 6.18 Å². The predicted molar refractivity (Wildman–Crippen MR) is 63.9 cm³/mol. The molecule has 0 spiro atoms. The summed E-state index contributed by atoms with van der Waals surface area (Å²) in [4.78, 5) is 0. The van der Waals surface area contributed by atoms with Gasteiger partial charge < -0.3 is 5.32 Å². The summed E-state index contributed by atoms with van der Waals surface area (Å²) in [5, 5.41) is 3.30. The van der Waals surface area contributed by atoms with E-state index < -0.39 is 12.6 Å². The van der Waals surface area contributed by atoms with Gasteiger partial charge in [0.2, 0.25) is 0 Å². The first-order valence-corrected chi connectivity index (χ1v) is 6.72. The van der Waals surface area contributed by atoms with Crippen LogP contribution in [0.15, 0.2) is 0 Å². The monoisotopic (exact) mass is 251 g/mol. The largest absolute Gasteiger partial charge is 0.389 e. The van der Waals surface area contributed by atoms with E-state index in [2.05, 4.69) is 12.2 Å². The zero-order valence-corrected chi connectivity index (χ0v) is 10.8. The van der Waals surface area contributed by atoms with Crippen LogP contribution in [0.1, 0.15) is 52.4 Å². The van der Waals surface area contributed by atoms with Gasteiger partial charge in [0.05, 0.1) is 0 Å². The molecule has 0 aromatic carbocycles. The molecule has 0 bridgehead atoms. The third-order valence-corrected chi connectivity index (χ3v) is 3.70. The van der Waals surface area contributed by atoms with Gasteiger partial charge in [-0.2, -0.15) is 13.2 Å². The molecule has 0 heterocycles. The van der Waals surface area contributed by atoms with Crippen LogP contribution in [0.4, 0.5) is 13.2 Å². The SMILES string of the molecule is CCCNC(CCC(F)(F)F)C1CCC(C)C1. The van der Waals surface area contributed by atoms with E-state index in [9.17, 15) is 13.2 Å². The summed E-state index contributed by atoms with van der Waals surface area (Å²) in [6, 6.07) is 0.0570. The van der Waals surface area contributed by atoms with Crippen molar-refractivity contribution in [2.45, 2.75) is 64.6 Å². The summed E-state index contributed by atoms with van der Waals surface area (Å²) >= 11 is 0. The highest BCUT2D eigenvalue weighted by Gasteiger charge is 2.33. The van der Waals surface area contributed by atoms with E-state index in [1.165, 1.54) is 6.42 Å². The molecule has 17 heavy (non-hydrogen) atoms. The Hall–Kier alpha value is -0.250. The van der Waals surface area contributed by atoms with E-state index in [4.69, 9.17) is 0 Å². The van der Waals surface area contributed by atoms with Crippen molar-refractivity contribution in [3.8, 4) is 0 Å². The van der Waals surface area contributed by atoms with Gasteiger partial charge in [-0.05, 0) is 44.1 Å². The fraction of sp³-hybridized carbons (Fsp3) is 1.00. The van der Waals surface area contributed by atoms with E-state index in [0.717, 1.165) is 25.8 Å². The minimum absolute atomic E-state index is 0.0570. The maximum atomic E-state index is 12.3. The Morgan fingerprint density at radius 1 is 1.29 bits per heavy atom. The van der Waals surface area contributed by atoms with Crippen LogP contribution in [0.3, 0.4) is 0 Å². The second kappa shape index (κ2) is 6.62. The van der Waals surface area contributed by atoms with Crippen LogP contribution in [-0.4, -0.2) is 18.8 Å². The van der Waals surface area contributed by atoms with Crippen LogP contribution in [-0.2, 0) is 0 Å². The van der Waals surface area contributed by atoms with Gasteiger partial charge in [0.1, 0.15) is 0 Å². The van der Waals surface area contributed by atoms with Crippen LogP contribution in [0.25, 0.3) is 0 Å². The zero-order chi connectivity index (χ0) is 12.9. The standard InChI is InChI=1S/C13H24F3N/c1-3-8-17-12(6-7-13(14,15)16)11-5-4-10(2)9-11/h10-12,17H,3-9H2,1-2H3.